The second-order valence-electron chi connectivity index (χ2n) is 5.62. The summed E-state index contributed by atoms with van der Waals surface area (Å²) in [6.45, 7) is 2.51. The van der Waals surface area contributed by atoms with Gasteiger partial charge in [0.1, 0.15) is 5.75 Å². The molecule has 5 heteroatoms. The molecule has 0 unspecified atom stereocenters. The Kier molecular flexibility index (Phi) is 7.48. The number of hydrogen-bond donors (Lipinski definition) is 0. The van der Waals surface area contributed by atoms with E-state index in [1.54, 1.807) is 42.5 Å². The second kappa shape index (κ2) is 9.84. The fourth-order valence-corrected chi connectivity index (χ4v) is 2.34. The van der Waals surface area contributed by atoms with Crippen LogP contribution in [-0.2, 0) is 4.74 Å². The van der Waals surface area contributed by atoms with Gasteiger partial charge in [-0.05, 0) is 48.9 Å². The Morgan fingerprint density at radius 3 is 2.28 bits per heavy atom. The molecular weight excluding hydrogens is 340 g/mol. The van der Waals surface area contributed by atoms with Gasteiger partial charge in [0.15, 0.2) is 0 Å². The van der Waals surface area contributed by atoms with Crippen molar-refractivity contribution in [2.45, 2.75) is 32.6 Å². The van der Waals surface area contributed by atoms with Crippen LogP contribution in [-0.4, -0.2) is 18.5 Å². The molecule has 0 aromatic heterocycles. The van der Waals surface area contributed by atoms with Gasteiger partial charge in [0.05, 0.1) is 17.7 Å². The monoisotopic (exact) mass is 360 g/mol. The third-order valence-corrected chi connectivity index (χ3v) is 3.84. The second-order valence-corrected chi connectivity index (χ2v) is 6.06. The van der Waals surface area contributed by atoms with Gasteiger partial charge in [-0.1, -0.05) is 43.9 Å². The lowest BCUT2D eigenvalue weighted by Gasteiger charge is -2.07. The van der Waals surface area contributed by atoms with Crippen LogP contribution in [0.4, 0.5) is 0 Å². The van der Waals surface area contributed by atoms with E-state index in [0.29, 0.717) is 22.9 Å². The molecule has 2 rings (SSSR count). The van der Waals surface area contributed by atoms with Crippen LogP contribution >= 0.6 is 11.6 Å². The molecule has 2 aromatic rings. The van der Waals surface area contributed by atoms with Crippen LogP contribution in [0.5, 0.6) is 5.75 Å². The van der Waals surface area contributed by atoms with Crippen LogP contribution < -0.4 is 4.74 Å². The third-order valence-electron chi connectivity index (χ3n) is 3.59. The third kappa shape index (κ3) is 6.24. The van der Waals surface area contributed by atoms with Crippen molar-refractivity contribution >= 4 is 23.5 Å². The van der Waals surface area contributed by atoms with Crippen molar-refractivity contribution in [2.24, 2.45) is 0 Å². The molecule has 2 aromatic carbocycles. The van der Waals surface area contributed by atoms with Gasteiger partial charge in [0.25, 0.3) is 0 Å². The van der Waals surface area contributed by atoms with E-state index in [1.807, 2.05) is 0 Å². The van der Waals surface area contributed by atoms with E-state index in [0.717, 1.165) is 25.7 Å². The standard InChI is InChI=1S/C20H21ClO4/c1-2-3-4-5-13-24-19(22)15-7-6-8-16(14-15)20(23)25-18-11-9-17(21)10-12-18/h6-12,14H,2-5,13H2,1H3. The summed E-state index contributed by atoms with van der Waals surface area (Å²) in [5.74, 6) is -0.587. The number of ether oxygens (including phenoxy) is 2. The minimum atomic E-state index is -0.542. The molecule has 0 atom stereocenters. The summed E-state index contributed by atoms with van der Waals surface area (Å²) in [4.78, 5) is 24.3. The average molecular weight is 361 g/mol. The normalized spacial score (nSPS) is 10.3. The maximum atomic E-state index is 12.2. The van der Waals surface area contributed by atoms with E-state index in [-0.39, 0.29) is 5.56 Å². The van der Waals surface area contributed by atoms with Crippen LogP contribution in [0.15, 0.2) is 48.5 Å². The summed E-state index contributed by atoms with van der Waals surface area (Å²) < 4.78 is 10.5. The number of benzene rings is 2. The molecule has 0 aliphatic heterocycles. The lowest BCUT2D eigenvalue weighted by atomic mass is 10.1. The summed E-state index contributed by atoms with van der Waals surface area (Å²) >= 11 is 5.80. The number of carbonyl (C=O) groups excluding carboxylic acids is 2. The topological polar surface area (TPSA) is 52.6 Å². The number of rotatable bonds is 8. The zero-order valence-electron chi connectivity index (χ0n) is 14.2. The number of halogens is 1. The zero-order chi connectivity index (χ0) is 18.1. The molecule has 0 saturated heterocycles. The highest BCUT2D eigenvalue weighted by molar-refractivity contribution is 6.30. The first-order valence-corrected chi connectivity index (χ1v) is 8.73. The Balaban J connectivity index is 1.94. The van der Waals surface area contributed by atoms with E-state index in [1.165, 1.54) is 6.07 Å². The first-order chi connectivity index (χ1) is 12.1. The predicted molar refractivity (Wildman–Crippen MR) is 97.3 cm³/mol. The van der Waals surface area contributed by atoms with Crippen molar-refractivity contribution < 1.29 is 19.1 Å². The van der Waals surface area contributed by atoms with Crippen LogP contribution in [0.1, 0.15) is 53.3 Å². The highest BCUT2D eigenvalue weighted by atomic mass is 35.5. The van der Waals surface area contributed by atoms with Crippen molar-refractivity contribution in [3.05, 3.63) is 64.7 Å². The Bertz CT molecular complexity index is 710. The fraction of sp³-hybridized carbons (Fsp3) is 0.300. The van der Waals surface area contributed by atoms with Crippen LogP contribution in [0.25, 0.3) is 0 Å². The number of unbranched alkanes of at least 4 members (excludes halogenated alkanes) is 3. The molecule has 0 amide bonds. The van der Waals surface area contributed by atoms with Crippen LogP contribution in [0.3, 0.4) is 0 Å². The molecule has 0 aliphatic carbocycles. The van der Waals surface area contributed by atoms with Gasteiger partial charge in [0, 0.05) is 5.02 Å². The summed E-state index contributed by atoms with van der Waals surface area (Å²) in [7, 11) is 0. The average Bonchev–Trinajstić information content (AvgIpc) is 2.63. The van der Waals surface area contributed by atoms with Gasteiger partial charge in [-0.15, -0.1) is 0 Å². The summed E-state index contributed by atoms with van der Waals surface area (Å²) in [5.41, 5.74) is 0.622. The summed E-state index contributed by atoms with van der Waals surface area (Å²) in [6, 6.07) is 12.8. The molecule has 4 nitrogen and oxygen atoms in total. The molecule has 25 heavy (non-hydrogen) atoms. The quantitative estimate of drug-likeness (QED) is 0.364. The van der Waals surface area contributed by atoms with E-state index >= 15 is 0 Å². The molecule has 0 radical (unpaired) electrons. The van der Waals surface area contributed by atoms with Crippen LogP contribution in [0, 0.1) is 0 Å². The van der Waals surface area contributed by atoms with Gasteiger partial charge < -0.3 is 9.47 Å². The summed E-state index contributed by atoms with van der Waals surface area (Å²) in [5, 5.41) is 0.559. The summed E-state index contributed by atoms with van der Waals surface area (Å²) in [6.07, 6.45) is 4.14. The Morgan fingerprint density at radius 2 is 1.60 bits per heavy atom. The van der Waals surface area contributed by atoms with Crippen molar-refractivity contribution in [3.8, 4) is 5.75 Å². The minimum absolute atomic E-state index is 0.287. The van der Waals surface area contributed by atoms with Gasteiger partial charge in [-0.25, -0.2) is 9.59 Å². The Morgan fingerprint density at radius 1 is 0.920 bits per heavy atom. The van der Waals surface area contributed by atoms with E-state index in [2.05, 4.69) is 6.92 Å². The van der Waals surface area contributed by atoms with Gasteiger partial charge in [-0.2, -0.15) is 0 Å². The van der Waals surface area contributed by atoms with Crippen molar-refractivity contribution in [1.29, 1.82) is 0 Å². The Labute approximate surface area is 152 Å². The molecule has 0 aliphatic rings. The van der Waals surface area contributed by atoms with Crippen molar-refractivity contribution in [1.82, 2.24) is 0 Å². The molecule has 0 saturated carbocycles. The van der Waals surface area contributed by atoms with E-state index < -0.39 is 11.9 Å². The SMILES string of the molecule is CCCCCCOC(=O)c1cccc(C(=O)Oc2ccc(Cl)cc2)c1. The van der Waals surface area contributed by atoms with Gasteiger partial charge in [-0.3, -0.25) is 0 Å². The number of carbonyl (C=O) groups is 2. The predicted octanol–water partition coefficient (Wildman–Crippen LogP) is 5.30. The van der Waals surface area contributed by atoms with Crippen LogP contribution in [0.2, 0.25) is 5.02 Å². The highest BCUT2D eigenvalue weighted by Crippen LogP contribution is 2.17. The Hall–Kier alpha value is -2.33. The first-order valence-electron chi connectivity index (χ1n) is 8.35. The molecule has 0 spiro atoms. The lowest BCUT2D eigenvalue weighted by molar-refractivity contribution is 0.0498. The molecule has 0 heterocycles. The fourth-order valence-electron chi connectivity index (χ4n) is 2.22. The molecule has 132 valence electrons. The minimum Gasteiger partial charge on any atom is -0.462 e. The lowest BCUT2D eigenvalue weighted by Crippen LogP contribution is -2.11. The number of hydrogen-bond acceptors (Lipinski definition) is 4. The number of esters is 2. The highest BCUT2D eigenvalue weighted by Gasteiger charge is 2.13. The molecule has 0 bridgehead atoms. The maximum Gasteiger partial charge on any atom is 0.343 e. The smallest absolute Gasteiger partial charge is 0.343 e. The molecule has 0 N–H and O–H groups in total. The van der Waals surface area contributed by atoms with Crippen molar-refractivity contribution in [2.75, 3.05) is 6.61 Å². The molecule has 0 fully saturated rings. The zero-order valence-corrected chi connectivity index (χ0v) is 14.9. The van der Waals surface area contributed by atoms with E-state index in [9.17, 15) is 9.59 Å². The van der Waals surface area contributed by atoms with Gasteiger partial charge in [0.2, 0.25) is 0 Å². The first kappa shape index (κ1) is 19.0. The van der Waals surface area contributed by atoms with E-state index in [4.69, 9.17) is 21.1 Å². The maximum absolute atomic E-state index is 12.2. The van der Waals surface area contributed by atoms with Crippen molar-refractivity contribution in [3.63, 3.8) is 0 Å². The van der Waals surface area contributed by atoms with Gasteiger partial charge >= 0.3 is 11.9 Å². The molecular formula is C20H21ClO4. The largest absolute Gasteiger partial charge is 0.462 e.